The van der Waals surface area contributed by atoms with E-state index in [9.17, 15) is 21.6 Å². The van der Waals surface area contributed by atoms with Crippen molar-refractivity contribution < 1.29 is 21.6 Å². The summed E-state index contributed by atoms with van der Waals surface area (Å²) in [6.45, 7) is 0. The third-order valence-corrected chi connectivity index (χ3v) is 11.6. The lowest BCUT2D eigenvalue weighted by Gasteiger charge is -2.08. The third-order valence-electron chi connectivity index (χ3n) is 6.72. The Hall–Kier alpha value is -4.05. The smallest absolute Gasteiger partial charge is 0.263 e. The van der Waals surface area contributed by atoms with Gasteiger partial charge in [0, 0.05) is 39.8 Å². The van der Waals surface area contributed by atoms with Crippen molar-refractivity contribution in [3.05, 3.63) is 123 Å². The Bertz CT molecular complexity index is 2320. The number of rotatable bonds is 7. The summed E-state index contributed by atoms with van der Waals surface area (Å²) < 4.78 is 55.6. The summed E-state index contributed by atoms with van der Waals surface area (Å²) in [5.74, 6) is -0.340. The van der Waals surface area contributed by atoms with Crippen molar-refractivity contribution in [2.24, 2.45) is 0 Å². The Kier molecular flexibility index (Phi) is 9.01. The third kappa shape index (κ3) is 6.87. The standard InChI is InChI=1S/C18H11Cl2N3O3S2.C12H10N2O2S2/c19-12-1-3-14(15(20)10-12)17(24)23-7-5-11-9-13(2-4-16(11)23)28(25,26)22-18-21-6-8-27-18;15-18(16,14-12-13-6-7-17-12)11-5-4-9-2-1-3-10(9)8-11/h1-10H,(H,21,22);1,3-8H,2H2,(H,13,14). The maximum atomic E-state index is 12.8. The average molecular weight is 731 g/mol. The maximum absolute atomic E-state index is 12.8. The van der Waals surface area contributed by atoms with Crippen LogP contribution in [0.25, 0.3) is 17.0 Å². The molecule has 234 valence electrons. The molecule has 0 spiro atoms. The minimum Gasteiger partial charge on any atom is -0.283 e. The Morgan fingerprint density at radius 1 is 0.804 bits per heavy atom. The Balaban J connectivity index is 0.000000178. The summed E-state index contributed by atoms with van der Waals surface area (Å²) in [5, 5.41) is 5.34. The van der Waals surface area contributed by atoms with Crippen LogP contribution in [0.2, 0.25) is 10.0 Å². The molecule has 0 saturated heterocycles. The highest BCUT2D eigenvalue weighted by molar-refractivity contribution is 7.93. The van der Waals surface area contributed by atoms with Crippen LogP contribution >= 0.6 is 45.9 Å². The zero-order chi connectivity index (χ0) is 32.5. The summed E-state index contributed by atoms with van der Waals surface area (Å²) >= 11 is 14.5. The molecule has 0 fully saturated rings. The summed E-state index contributed by atoms with van der Waals surface area (Å²) in [5.41, 5.74) is 2.98. The number of benzene rings is 3. The molecule has 3 aromatic carbocycles. The van der Waals surface area contributed by atoms with Gasteiger partial charge in [-0.25, -0.2) is 26.8 Å². The van der Waals surface area contributed by atoms with Crippen molar-refractivity contribution in [3.63, 3.8) is 0 Å². The topological polar surface area (TPSA) is 140 Å². The predicted octanol–water partition coefficient (Wildman–Crippen LogP) is 7.41. The molecule has 7 rings (SSSR count). The lowest BCUT2D eigenvalue weighted by Crippen LogP contribution is -2.13. The molecular weight excluding hydrogens is 710 g/mol. The first-order valence-electron chi connectivity index (χ1n) is 13.3. The van der Waals surface area contributed by atoms with E-state index in [0.29, 0.717) is 26.6 Å². The molecular formula is C30H21Cl2N5O5S4. The molecule has 46 heavy (non-hydrogen) atoms. The highest BCUT2D eigenvalue weighted by Crippen LogP contribution is 2.27. The fraction of sp³-hybridized carbons (Fsp3) is 0.0333. The second kappa shape index (κ2) is 13.0. The van der Waals surface area contributed by atoms with Crippen LogP contribution in [0.1, 0.15) is 21.5 Å². The number of halogens is 2. The van der Waals surface area contributed by atoms with Crippen LogP contribution in [0.5, 0.6) is 0 Å². The number of aromatic nitrogens is 3. The normalized spacial score (nSPS) is 12.4. The van der Waals surface area contributed by atoms with Crippen molar-refractivity contribution in [1.82, 2.24) is 14.5 Å². The molecule has 0 unspecified atom stereocenters. The molecule has 0 saturated carbocycles. The summed E-state index contributed by atoms with van der Waals surface area (Å²) in [6.07, 6.45) is 9.48. The fourth-order valence-corrected chi connectivity index (χ4v) is 8.68. The van der Waals surface area contributed by atoms with Gasteiger partial charge >= 0.3 is 0 Å². The van der Waals surface area contributed by atoms with E-state index in [1.165, 1.54) is 51.6 Å². The lowest BCUT2D eigenvalue weighted by atomic mass is 10.1. The number of fused-ring (bicyclic) bond motifs is 2. The summed E-state index contributed by atoms with van der Waals surface area (Å²) in [7, 11) is -7.32. The second-order valence-corrected chi connectivity index (χ2v) is 15.7. The van der Waals surface area contributed by atoms with Crippen LogP contribution in [0.3, 0.4) is 0 Å². The number of nitrogens with zero attached hydrogens (tertiary/aromatic N) is 3. The molecule has 2 N–H and O–H groups in total. The van der Waals surface area contributed by atoms with Crippen molar-refractivity contribution >= 4 is 99.1 Å². The van der Waals surface area contributed by atoms with E-state index >= 15 is 0 Å². The first-order valence-corrected chi connectivity index (χ1v) is 18.7. The minimum absolute atomic E-state index is 0.0740. The van der Waals surface area contributed by atoms with Crippen LogP contribution in [0.4, 0.5) is 10.3 Å². The minimum atomic E-state index is -3.78. The van der Waals surface area contributed by atoms with Gasteiger partial charge in [-0.15, -0.1) is 22.7 Å². The Morgan fingerprint density at radius 3 is 2.09 bits per heavy atom. The van der Waals surface area contributed by atoms with E-state index in [4.69, 9.17) is 23.2 Å². The molecule has 0 atom stereocenters. The van der Waals surface area contributed by atoms with Gasteiger partial charge in [0.25, 0.3) is 26.0 Å². The van der Waals surface area contributed by atoms with Gasteiger partial charge in [0.15, 0.2) is 10.3 Å². The summed E-state index contributed by atoms with van der Waals surface area (Å²) in [6, 6.07) is 16.0. The van der Waals surface area contributed by atoms with Crippen molar-refractivity contribution in [3.8, 4) is 0 Å². The number of hydrogen-bond donors (Lipinski definition) is 2. The number of carbonyl (C=O) groups is 1. The first-order chi connectivity index (χ1) is 22.0. The zero-order valence-corrected chi connectivity index (χ0v) is 28.1. The molecule has 1 aliphatic rings. The molecule has 10 nitrogen and oxygen atoms in total. The molecule has 0 aliphatic heterocycles. The van der Waals surface area contributed by atoms with E-state index in [1.807, 2.05) is 18.2 Å². The van der Waals surface area contributed by atoms with Crippen LogP contribution < -0.4 is 9.44 Å². The fourth-order valence-electron chi connectivity index (χ4n) is 4.55. The Labute approximate surface area is 282 Å². The van der Waals surface area contributed by atoms with Gasteiger partial charge in [0.05, 0.1) is 25.9 Å². The van der Waals surface area contributed by atoms with Gasteiger partial charge in [-0.3, -0.25) is 18.8 Å². The van der Waals surface area contributed by atoms with E-state index in [2.05, 4.69) is 19.4 Å². The van der Waals surface area contributed by atoms with Crippen LogP contribution in [-0.4, -0.2) is 37.3 Å². The SMILES string of the molecule is O=C(c1ccc(Cl)cc1Cl)n1ccc2cc(S(=O)(=O)Nc3nccs3)ccc21.O=S(=O)(Nc1nccs1)c1ccc2c(c1)C=CC2. The second-order valence-electron chi connectivity index (χ2n) is 9.69. The highest BCUT2D eigenvalue weighted by atomic mass is 35.5. The maximum Gasteiger partial charge on any atom is 0.263 e. The molecule has 6 aromatic rings. The van der Waals surface area contributed by atoms with Gasteiger partial charge < -0.3 is 0 Å². The summed E-state index contributed by atoms with van der Waals surface area (Å²) in [4.78, 5) is 21.0. The van der Waals surface area contributed by atoms with Gasteiger partial charge in [-0.05, 0) is 72.1 Å². The van der Waals surface area contributed by atoms with Crippen molar-refractivity contribution in [2.45, 2.75) is 16.2 Å². The van der Waals surface area contributed by atoms with Crippen molar-refractivity contribution in [2.75, 3.05) is 9.44 Å². The molecule has 3 aromatic heterocycles. The monoisotopic (exact) mass is 729 g/mol. The highest BCUT2D eigenvalue weighted by Gasteiger charge is 2.20. The number of sulfonamides is 2. The quantitative estimate of drug-likeness (QED) is 0.174. The van der Waals surface area contributed by atoms with Crippen molar-refractivity contribution in [1.29, 1.82) is 0 Å². The zero-order valence-electron chi connectivity index (χ0n) is 23.3. The molecule has 0 bridgehead atoms. The number of allylic oxidation sites excluding steroid dienone is 1. The van der Waals surface area contributed by atoms with Gasteiger partial charge in [0.1, 0.15) is 0 Å². The van der Waals surface area contributed by atoms with Gasteiger partial charge in [-0.1, -0.05) is 41.4 Å². The molecule has 0 radical (unpaired) electrons. The van der Waals surface area contributed by atoms with E-state index in [1.54, 1.807) is 59.6 Å². The van der Waals surface area contributed by atoms with E-state index in [-0.39, 0.29) is 25.9 Å². The number of hydrogen-bond acceptors (Lipinski definition) is 9. The predicted molar refractivity (Wildman–Crippen MR) is 183 cm³/mol. The number of nitrogens with one attached hydrogen (secondary N) is 2. The van der Waals surface area contributed by atoms with E-state index < -0.39 is 20.0 Å². The Morgan fingerprint density at radius 2 is 1.46 bits per heavy atom. The largest absolute Gasteiger partial charge is 0.283 e. The molecule has 3 heterocycles. The number of carbonyl (C=O) groups excluding carboxylic acids is 1. The average Bonchev–Trinajstić information content (AvgIpc) is 3.84. The molecule has 0 amide bonds. The van der Waals surface area contributed by atoms with Gasteiger partial charge in [-0.2, -0.15) is 0 Å². The lowest BCUT2D eigenvalue weighted by molar-refractivity contribution is 0.0965. The first kappa shape index (κ1) is 31.9. The molecule has 1 aliphatic carbocycles. The molecule has 16 heteroatoms. The van der Waals surface area contributed by atoms with Crippen LogP contribution in [0, 0.1) is 0 Å². The number of anilines is 2. The van der Waals surface area contributed by atoms with Crippen LogP contribution in [-0.2, 0) is 26.5 Å². The van der Waals surface area contributed by atoms with Crippen LogP contribution in [0.15, 0.2) is 106 Å². The van der Waals surface area contributed by atoms with E-state index in [0.717, 1.165) is 17.5 Å². The number of thiazole rings is 2. The van der Waals surface area contributed by atoms with Gasteiger partial charge in [0.2, 0.25) is 0 Å².